The molecule has 0 spiro atoms. The van der Waals surface area contributed by atoms with Gasteiger partial charge < -0.3 is 20.3 Å². The molecule has 2 aromatic carbocycles. The molecule has 176 valence electrons. The molecule has 1 aliphatic rings. The monoisotopic (exact) mass is 461 g/mol. The molecule has 1 aromatic heterocycles. The smallest absolute Gasteiger partial charge is 0.272 e. The average molecular weight is 462 g/mol. The van der Waals surface area contributed by atoms with Crippen molar-refractivity contribution in [2.24, 2.45) is 0 Å². The van der Waals surface area contributed by atoms with Gasteiger partial charge in [0.1, 0.15) is 17.0 Å². The van der Waals surface area contributed by atoms with E-state index in [9.17, 15) is 14.4 Å². The van der Waals surface area contributed by atoms with Crippen LogP contribution in [0.25, 0.3) is 0 Å². The number of carbonyl (C=O) groups excluding carboxylic acids is 3. The number of rotatable bonds is 7. The minimum atomic E-state index is -1.16. The summed E-state index contributed by atoms with van der Waals surface area (Å²) in [5, 5.41) is 10.0. The van der Waals surface area contributed by atoms with Crippen molar-refractivity contribution in [1.82, 2.24) is 25.3 Å². The number of para-hydroxylation sites is 1. The van der Waals surface area contributed by atoms with Gasteiger partial charge in [-0.2, -0.15) is 5.10 Å². The molecule has 34 heavy (non-hydrogen) atoms. The Morgan fingerprint density at radius 1 is 1.06 bits per heavy atom. The van der Waals surface area contributed by atoms with Crippen LogP contribution in [-0.2, 0) is 24.4 Å². The van der Waals surface area contributed by atoms with Crippen LogP contribution in [0, 0.1) is 0 Å². The van der Waals surface area contributed by atoms with Gasteiger partial charge in [-0.3, -0.25) is 19.1 Å². The lowest BCUT2D eigenvalue weighted by Crippen LogP contribution is -2.62. The zero-order valence-electron chi connectivity index (χ0n) is 19.4. The molecule has 1 atom stereocenters. The maximum atomic E-state index is 13.1. The first-order valence-electron chi connectivity index (χ1n) is 10.9. The second-order valence-electron chi connectivity index (χ2n) is 8.37. The van der Waals surface area contributed by atoms with Crippen LogP contribution in [0.5, 0.6) is 5.75 Å². The van der Waals surface area contributed by atoms with Gasteiger partial charge in [0, 0.05) is 31.8 Å². The van der Waals surface area contributed by atoms with Gasteiger partial charge in [-0.1, -0.05) is 48.5 Å². The number of amides is 3. The zero-order chi connectivity index (χ0) is 24.3. The van der Waals surface area contributed by atoms with Crippen molar-refractivity contribution in [2.45, 2.75) is 32.1 Å². The normalized spacial score (nSPS) is 17.1. The summed E-state index contributed by atoms with van der Waals surface area (Å²) in [6, 6.07) is 18.4. The number of aromatic nitrogens is 2. The van der Waals surface area contributed by atoms with Gasteiger partial charge in [-0.05, 0) is 18.6 Å². The molecule has 2 heterocycles. The molecule has 3 aromatic rings. The number of fused-ring (bicyclic) bond motifs is 1. The average Bonchev–Trinajstić information content (AvgIpc) is 3.29. The summed E-state index contributed by atoms with van der Waals surface area (Å²) in [5.41, 5.74) is 0.994. The molecule has 0 saturated heterocycles. The highest BCUT2D eigenvalue weighted by atomic mass is 16.5. The van der Waals surface area contributed by atoms with Crippen molar-refractivity contribution in [3.63, 3.8) is 0 Å². The predicted molar refractivity (Wildman–Crippen MR) is 125 cm³/mol. The van der Waals surface area contributed by atoms with Gasteiger partial charge in [0.05, 0.1) is 13.7 Å². The van der Waals surface area contributed by atoms with Crippen LogP contribution in [0.2, 0.25) is 0 Å². The lowest BCUT2D eigenvalue weighted by molar-refractivity contribution is -0.132. The molecule has 0 fully saturated rings. The summed E-state index contributed by atoms with van der Waals surface area (Å²) in [6.45, 7) is 2.42. The van der Waals surface area contributed by atoms with Gasteiger partial charge in [-0.15, -0.1) is 0 Å². The van der Waals surface area contributed by atoms with E-state index in [1.165, 1.54) is 15.6 Å². The molecule has 2 N–H and O–H groups in total. The molecule has 0 bridgehead atoms. The second-order valence-corrected chi connectivity index (χ2v) is 8.37. The van der Waals surface area contributed by atoms with Crippen molar-refractivity contribution >= 4 is 17.7 Å². The molecular weight excluding hydrogens is 434 g/mol. The molecule has 1 aliphatic heterocycles. The zero-order valence-corrected chi connectivity index (χ0v) is 19.4. The van der Waals surface area contributed by atoms with E-state index in [1.807, 2.05) is 54.6 Å². The highest BCUT2D eigenvalue weighted by Gasteiger charge is 2.46. The van der Waals surface area contributed by atoms with Crippen LogP contribution >= 0.6 is 0 Å². The van der Waals surface area contributed by atoms with E-state index in [4.69, 9.17) is 4.74 Å². The molecule has 0 radical (unpaired) electrons. The Hall–Kier alpha value is -4.14. The van der Waals surface area contributed by atoms with E-state index >= 15 is 0 Å². The third-order valence-corrected chi connectivity index (χ3v) is 6.15. The number of ether oxygens (including phenoxy) is 1. The van der Waals surface area contributed by atoms with Gasteiger partial charge in [0.15, 0.2) is 5.69 Å². The van der Waals surface area contributed by atoms with Crippen LogP contribution in [0.15, 0.2) is 60.7 Å². The fourth-order valence-electron chi connectivity index (χ4n) is 3.92. The number of carbonyl (C=O) groups is 3. The van der Waals surface area contributed by atoms with E-state index in [1.54, 1.807) is 21.1 Å². The van der Waals surface area contributed by atoms with Gasteiger partial charge in [0.25, 0.3) is 11.8 Å². The highest BCUT2D eigenvalue weighted by molar-refractivity contribution is 6.01. The Labute approximate surface area is 197 Å². The van der Waals surface area contributed by atoms with E-state index in [-0.39, 0.29) is 36.3 Å². The van der Waals surface area contributed by atoms with Crippen molar-refractivity contribution in [1.29, 1.82) is 0 Å². The second kappa shape index (κ2) is 9.38. The SMILES string of the molecule is COc1ccccc1CNC(=O)c1cc2n(n1)C[C@@](C)(C(=O)NCc1ccccc1)N(C)C2=O. The molecule has 9 nitrogen and oxygen atoms in total. The fraction of sp³-hybridized carbons (Fsp3) is 0.280. The Morgan fingerprint density at radius 2 is 1.76 bits per heavy atom. The highest BCUT2D eigenvalue weighted by Crippen LogP contribution is 2.26. The first-order chi connectivity index (χ1) is 16.3. The minimum Gasteiger partial charge on any atom is -0.496 e. The molecule has 0 unspecified atom stereocenters. The van der Waals surface area contributed by atoms with Crippen LogP contribution in [0.3, 0.4) is 0 Å². The summed E-state index contributed by atoms with van der Waals surface area (Å²) >= 11 is 0. The topological polar surface area (TPSA) is 106 Å². The van der Waals surface area contributed by atoms with Crippen LogP contribution < -0.4 is 15.4 Å². The third kappa shape index (κ3) is 4.36. The van der Waals surface area contributed by atoms with Crippen molar-refractivity contribution < 1.29 is 19.1 Å². The maximum Gasteiger partial charge on any atom is 0.272 e. The lowest BCUT2D eigenvalue weighted by atomic mass is 9.96. The van der Waals surface area contributed by atoms with E-state index < -0.39 is 11.4 Å². The largest absolute Gasteiger partial charge is 0.496 e. The molecule has 3 amide bonds. The van der Waals surface area contributed by atoms with E-state index in [0.717, 1.165) is 11.1 Å². The number of methoxy groups -OCH3 is 1. The summed E-state index contributed by atoms with van der Waals surface area (Å²) in [6.07, 6.45) is 0. The maximum absolute atomic E-state index is 13.1. The fourth-order valence-corrected chi connectivity index (χ4v) is 3.92. The molecule has 9 heteroatoms. The van der Waals surface area contributed by atoms with Gasteiger partial charge in [0.2, 0.25) is 5.91 Å². The molecular formula is C25H27N5O4. The van der Waals surface area contributed by atoms with Crippen LogP contribution in [-0.4, -0.2) is 52.1 Å². The van der Waals surface area contributed by atoms with E-state index in [0.29, 0.717) is 12.3 Å². The summed E-state index contributed by atoms with van der Waals surface area (Å²) in [5.74, 6) is -0.421. The number of hydrogen-bond donors (Lipinski definition) is 2. The Balaban J connectivity index is 1.48. The standard InChI is InChI=1S/C25H27N5O4/c1-25(24(33)27-14-17-9-5-4-6-10-17)16-30-20(23(32)29(25)2)13-19(28-30)22(31)26-15-18-11-7-8-12-21(18)34-3/h4-13H,14-16H2,1-3H3,(H,26,31)(H,27,33)/t25-/m0/s1. The summed E-state index contributed by atoms with van der Waals surface area (Å²) in [4.78, 5) is 40.3. The quantitative estimate of drug-likeness (QED) is 0.560. The number of hydrogen-bond acceptors (Lipinski definition) is 5. The number of likely N-dealkylation sites (N-methyl/N-ethyl adjacent to an activating group) is 1. The summed E-state index contributed by atoms with van der Waals surface area (Å²) in [7, 11) is 3.15. The molecule has 0 aliphatic carbocycles. The van der Waals surface area contributed by atoms with Crippen LogP contribution in [0.1, 0.15) is 39.0 Å². The number of nitrogens with one attached hydrogen (secondary N) is 2. The Bertz CT molecular complexity index is 1220. The molecule has 4 rings (SSSR count). The lowest BCUT2D eigenvalue weighted by Gasteiger charge is -2.40. The van der Waals surface area contributed by atoms with Crippen molar-refractivity contribution in [3.8, 4) is 5.75 Å². The van der Waals surface area contributed by atoms with Gasteiger partial charge >= 0.3 is 0 Å². The van der Waals surface area contributed by atoms with Crippen LogP contribution in [0.4, 0.5) is 0 Å². The van der Waals surface area contributed by atoms with E-state index in [2.05, 4.69) is 15.7 Å². The Kier molecular flexibility index (Phi) is 6.36. The first-order valence-corrected chi connectivity index (χ1v) is 10.9. The molecule has 0 saturated carbocycles. The minimum absolute atomic E-state index is 0.112. The Morgan fingerprint density at radius 3 is 2.50 bits per heavy atom. The predicted octanol–water partition coefficient (Wildman–Crippen LogP) is 1.98. The number of benzene rings is 2. The first kappa shape index (κ1) is 23.0. The third-order valence-electron chi connectivity index (χ3n) is 6.15. The van der Waals surface area contributed by atoms with Crippen molar-refractivity contribution in [3.05, 3.63) is 83.2 Å². The number of nitrogens with zero attached hydrogens (tertiary/aromatic N) is 3. The van der Waals surface area contributed by atoms with Gasteiger partial charge in [-0.25, -0.2) is 0 Å². The summed E-state index contributed by atoms with van der Waals surface area (Å²) < 4.78 is 6.74. The van der Waals surface area contributed by atoms with Crippen molar-refractivity contribution in [2.75, 3.05) is 14.2 Å².